The summed E-state index contributed by atoms with van der Waals surface area (Å²) in [7, 11) is -3.99. The van der Waals surface area contributed by atoms with Gasteiger partial charge >= 0.3 is 6.09 Å². The number of ether oxygens (including phenoxy) is 5. The maximum Gasteiger partial charge on any atom is 0.410 e. The fraction of sp³-hybridized carbons (Fsp3) is 0.625. The molecule has 2 aromatic carbocycles. The van der Waals surface area contributed by atoms with E-state index in [1.165, 1.54) is 0 Å². The molecule has 1 fully saturated rings. The largest absolute Gasteiger partial charge is 0.464 e. The average Bonchev–Trinajstić information content (AvgIpc) is 3.99. The summed E-state index contributed by atoms with van der Waals surface area (Å²) in [5.41, 5.74) is 5.09. The van der Waals surface area contributed by atoms with Crippen molar-refractivity contribution in [1.82, 2.24) is 29.1 Å². The third-order valence-corrected chi connectivity index (χ3v) is 17.0. The van der Waals surface area contributed by atoms with Gasteiger partial charge in [0.05, 0.1) is 30.0 Å². The summed E-state index contributed by atoms with van der Waals surface area (Å²) in [5, 5.41) is 6.08. The molecule has 65 heavy (non-hydrogen) atoms. The van der Waals surface area contributed by atoms with Crippen molar-refractivity contribution in [3.05, 3.63) is 53.1 Å². The molecule has 1 saturated heterocycles. The van der Waals surface area contributed by atoms with Crippen LogP contribution in [0.25, 0.3) is 33.5 Å². The molecule has 0 saturated carbocycles. The minimum Gasteiger partial charge on any atom is -0.464 e. The number of rotatable bonds is 20. The van der Waals surface area contributed by atoms with Gasteiger partial charge in [-0.05, 0) is 99.1 Å². The zero-order valence-corrected chi connectivity index (χ0v) is 44.5. The van der Waals surface area contributed by atoms with Crippen LogP contribution in [-0.4, -0.2) is 110 Å². The molecule has 2 aromatic heterocycles. The number of nitrogens with zero attached hydrogens (tertiary/aromatic N) is 6. The van der Waals surface area contributed by atoms with Crippen LogP contribution in [0.1, 0.15) is 57.5 Å². The summed E-state index contributed by atoms with van der Waals surface area (Å²) >= 11 is 0. The van der Waals surface area contributed by atoms with Gasteiger partial charge in [0.15, 0.2) is 24.2 Å². The number of hydrogen-bond donors (Lipinski definition) is 0. The number of carbonyl (C=O) groups is 2. The lowest BCUT2D eigenvalue weighted by Gasteiger charge is -2.30. The molecule has 4 heterocycles. The highest BCUT2D eigenvalue weighted by atomic mass is 28.3. The Labute approximate surface area is 389 Å². The quantitative estimate of drug-likeness (QED) is 0.0484. The highest BCUT2D eigenvalue weighted by molar-refractivity contribution is 6.76. The van der Waals surface area contributed by atoms with Crippen molar-refractivity contribution in [2.45, 2.75) is 162 Å². The third kappa shape index (κ3) is 13.4. The van der Waals surface area contributed by atoms with Crippen molar-refractivity contribution in [1.29, 1.82) is 0 Å². The molecule has 0 bridgehead atoms. The van der Waals surface area contributed by atoms with E-state index in [1.807, 2.05) is 37.6 Å². The smallest absolute Gasteiger partial charge is 0.410 e. The Balaban J connectivity index is 1.34. The molecule has 2 amide bonds. The second-order valence-corrected chi connectivity index (χ2v) is 39.2. The topological polar surface area (TPSA) is 122 Å². The first-order valence-corrected chi connectivity index (χ1v) is 34.6. The Morgan fingerprint density at radius 3 is 2.12 bits per heavy atom. The van der Waals surface area contributed by atoms with E-state index in [2.05, 4.69) is 76.5 Å². The first kappa shape index (κ1) is 50.5. The average molecular weight is 951 g/mol. The summed E-state index contributed by atoms with van der Waals surface area (Å²) in [4.78, 5) is 36.0. The van der Waals surface area contributed by atoms with Crippen molar-refractivity contribution < 1.29 is 37.7 Å². The van der Waals surface area contributed by atoms with Gasteiger partial charge in [-0.15, -0.1) is 0 Å². The van der Waals surface area contributed by atoms with Gasteiger partial charge in [0.1, 0.15) is 30.8 Å². The van der Waals surface area contributed by atoms with Gasteiger partial charge in [-0.3, -0.25) is 9.69 Å². The Kier molecular flexibility index (Phi) is 16.0. The summed E-state index contributed by atoms with van der Waals surface area (Å²) < 4.78 is 49.7. The molecule has 2 aliphatic rings. The first-order chi connectivity index (χ1) is 30.4. The van der Waals surface area contributed by atoms with Gasteiger partial charge in [0.25, 0.3) is 0 Å². The molecule has 0 spiro atoms. The van der Waals surface area contributed by atoms with E-state index in [-0.39, 0.29) is 31.9 Å². The Hall–Kier alpha value is -3.88. The number of aryl methyl sites for hydroxylation is 1. The van der Waals surface area contributed by atoms with Crippen molar-refractivity contribution in [2.24, 2.45) is 0 Å². The highest BCUT2D eigenvalue weighted by Gasteiger charge is 2.41. The zero-order valence-electron chi connectivity index (χ0n) is 41.5. The molecule has 1 unspecified atom stereocenters. The number of fused-ring (bicyclic) bond motifs is 2. The van der Waals surface area contributed by atoms with Crippen molar-refractivity contribution in [3.8, 4) is 28.4 Å². The van der Waals surface area contributed by atoms with Crippen LogP contribution in [0.4, 0.5) is 9.18 Å². The van der Waals surface area contributed by atoms with Gasteiger partial charge < -0.3 is 33.2 Å². The van der Waals surface area contributed by atoms with E-state index in [4.69, 9.17) is 33.8 Å². The van der Waals surface area contributed by atoms with E-state index in [0.29, 0.717) is 63.8 Å². The molecule has 2 aliphatic heterocycles. The molecule has 13 nitrogen and oxygen atoms in total. The predicted molar refractivity (Wildman–Crippen MR) is 264 cm³/mol. The monoisotopic (exact) mass is 950 g/mol. The molecule has 1 atom stereocenters. The normalized spacial score (nSPS) is 15.9. The van der Waals surface area contributed by atoms with Crippen LogP contribution in [0.3, 0.4) is 0 Å². The number of carbonyl (C=O) groups excluding carboxylic acids is 2. The summed E-state index contributed by atoms with van der Waals surface area (Å²) in [6.45, 7) is 31.8. The zero-order chi connectivity index (χ0) is 47.5. The van der Waals surface area contributed by atoms with Crippen LogP contribution < -0.4 is 4.74 Å². The molecule has 0 radical (unpaired) electrons. The summed E-state index contributed by atoms with van der Waals surface area (Å²) in [5.74, 6) is 0.279. The number of halogens is 1. The number of hydrogen-bond acceptors (Lipinski definition) is 9. The number of benzene rings is 2. The molecule has 0 aliphatic carbocycles. The summed E-state index contributed by atoms with van der Waals surface area (Å²) in [6.07, 6.45) is 1.53. The second-order valence-electron chi connectivity index (χ2n) is 22.3. The lowest BCUT2D eigenvalue weighted by molar-refractivity contribution is -0.136. The van der Waals surface area contributed by atoms with Crippen LogP contribution in [-0.2, 0) is 56.7 Å². The van der Waals surface area contributed by atoms with Crippen LogP contribution in [0.2, 0.25) is 77.1 Å². The molecule has 17 heteroatoms. The van der Waals surface area contributed by atoms with Crippen LogP contribution >= 0.6 is 0 Å². The Bertz CT molecular complexity index is 2310. The number of likely N-dealkylation sites (tertiary alicyclic amines) is 1. The van der Waals surface area contributed by atoms with Gasteiger partial charge in [-0.2, -0.15) is 5.10 Å². The number of aromatic nitrogens is 4. The van der Waals surface area contributed by atoms with Crippen molar-refractivity contribution in [3.63, 3.8) is 0 Å². The molecule has 0 N–H and O–H groups in total. The SMILES string of the molecule is CCc1cc(OCOCC[Si](C)(C)C)c(F)cc1-c1ccc2c(-c3nc4c(n3COCC[Si](C)(C)C)CN(C(=O)C3CCCN3C(=O)OC(C)(C)C)C4)nn(COCC[Si](C)(C)C)c2c1. The highest BCUT2D eigenvalue weighted by Crippen LogP contribution is 2.38. The van der Waals surface area contributed by atoms with E-state index in [1.54, 1.807) is 21.9 Å². The minimum absolute atomic E-state index is 0.000364. The minimum atomic E-state index is -1.38. The van der Waals surface area contributed by atoms with E-state index >= 15 is 4.39 Å². The maximum absolute atomic E-state index is 15.8. The molecular weight excluding hydrogens is 876 g/mol. The van der Waals surface area contributed by atoms with Gasteiger partial charge in [0.2, 0.25) is 5.91 Å². The number of imidazole rings is 1. The third-order valence-electron chi connectivity index (χ3n) is 11.8. The first-order valence-electron chi connectivity index (χ1n) is 23.5. The lowest BCUT2D eigenvalue weighted by Crippen LogP contribution is -2.47. The van der Waals surface area contributed by atoms with E-state index < -0.39 is 47.8 Å². The van der Waals surface area contributed by atoms with Crippen LogP contribution in [0.15, 0.2) is 30.3 Å². The number of amides is 2. The fourth-order valence-corrected chi connectivity index (χ4v) is 10.3. The summed E-state index contributed by atoms with van der Waals surface area (Å²) in [6, 6.07) is 11.9. The standard InChI is InChI=1S/C48H75FN6O7Si3/c1-14-34-27-43(61-33-60-22-25-65(11,12)13)38(49)28-37(34)35-17-18-36-41(26-35)55(32-59-21-24-64(8,9)10)51-44(36)45-50-39-29-52(30-42(39)54(45)31-58-20-23-63(5,6)7)46(56)40-16-15-19-53(40)47(57)62-48(2,3)4/h17-18,26-28,40H,14-16,19-25,29-33H2,1-13H3. The lowest BCUT2D eigenvalue weighted by atomic mass is 9.96. The van der Waals surface area contributed by atoms with Gasteiger partial charge in [-0.25, -0.2) is 18.9 Å². The second kappa shape index (κ2) is 20.6. The van der Waals surface area contributed by atoms with Gasteiger partial charge in [0, 0.05) is 56.0 Å². The van der Waals surface area contributed by atoms with Crippen molar-refractivity contribution >= 4 is 47.1 Å². The van der Waals surface area contributed by atoms with Crippen molar-refractivity contribution in [2.75, 3.05) is 33.2 Å². The predicted octanol–water partition coefficient (Wildman–Crippen LogP) is 10.8. The maximum atomic E-state index is 15.8. The van der Waals surface area contributed by atoms with Crippen LogP contribution in [0, 0.1) is 5.82 Å². The van der Waals surface area contributed by atoms with Crippen LogP contribution in [0.5, 0.6) is 5.75 Å². The molecular formula is C48H75FN6O7Si3. The van der Waals surface area contributed by atoms with E-state index in [9.17, 15) is 9.59 Å². The fourth-order valence-electron chi connectivity index (χ4n) is 7.98. The molecule has 6 rings (SSSR count). The molecule has 4 aromatic rings. The Morgan fingerprint density at radius 2 is 1.49 bits per heavy atom. The van der Waals surface area contributed by atoms with E-state index in [0.717, 1.165) is 63.5 Å². The van der Waals surface area contributed by atoms with Gasteiger partial charge in [-0.1, -0.05) is 71.9 Å². The molecule has 358 valence electrons. The Morgan fingerprint density at radius 1 is 0.846 bits per heavy atom.